The molecule has 0 amide bonds. The van der Waals surface area contributed by atoms with Crippen LogP contribution in [0.3, 0.4) is 0 Å². The largest absolute Gasteiger partial charge is 0.294 e. The molecule has 0 saturated carbocycles. The number of thiophene rings is 1. The van der Waals surface area contributed by atoms with E-state index >= 15 is 0 Å². The summed E-state index contributed by atoms with van der Waals surface area (Å²) in [4.78, 5) is 3.06. The molecule has 0 aliphatic heterocycles. The Morgan fingerprint density at radius 1 is 1.11 bits per heavy atom. The molecule has 0 bridgehead atoms. The Morgan fingerprint density at radius 2 is 1.79 bits per heavy atom. The molecule has 5 heteroatoms. The molecule has 0 unspecified atom stereocenters. The summed E-state index contributed by atoms with van der Waals surface area (Å²) in [5, 5.41) is 0. The molecule has 0 saturated heterocycles. The lowest BCUT2D eigenvalue weighted by atomic mass is 10.2. The average Bonchev–Trinajstić information content (AvgIpc) is 2.78. The third-order valence-corrected chi connectivity index (χ3v) is 4.11. The highest BCUT2D eigenvalue weighted by atomic mass is 35.5. The Morgan fingerprint density at radius 3 is 2.32 bits per heavy atom. The average molecular weight is 302 g/mol. The molecule has 0 radical (unpaired) electrons. The van der Waals surface area contributed by atoms with E-state index in [1.165, 1.54) is 29.5 Å². The minimum atomic E-state index is -0.498. The van der Waals surface area contributed by atoms with Gasteiger partial charge in [0.05, 0.1) is 4.34 Å². The Balaban J connectivity index is 2.11. The van der Waals surface area contributed by atoms with E-state index < -0.39 is 11.6 Å². The minimum absolute atomic E-state index is 0.118. The maximum absolute atomic E-state index is 13.6. The highest BCUT2D eigenvalue weighted by Crippen LogP contribution is 2.24. The second-order valence-corrected chi connectivity index (χ2v) is 6.01. The summed E-state index contributed by atoms with van der Waals surface area (Å²) < 4.78 is 27.9. The van der Waals surface area contributed by atoms with Gasteiger partial charge in [0.2, 0.25) is 0 Å². The van der Waals surface area contributed by atoms with Gasteiger partial charge in [-0.1, -0.05) is 24.6 Å². The van der Waals surface area contributed by atoms with Crippen molar-refractivity contribution in [3.63, 3.8) is 0 Å². The summed E-state index contributed by atoms with van der Waals surface area (Å²) in [6.45, 7) is 3.57. The molecular formula is C14H14ClF2NS. The first-order valence-corrected chi connectivity index (χ1v) is 7.19. The predicted molar refractivity (Wildman–Crippen MR) is 75.5 cm³/mol. The Bertz CT molecular complexity index is 536. The highest BCUT2D eigenvalue weighted by Gasteiger charge is 2.13. The van der Waals surface area contributed by atoms with Gasteiger partial charge in [-0.3, -0.25) is 4.90 Å². The smallest absolute Gasteiger partial charge is 0.130 e. The molecule has 1 heterocycles. The second-order valence-electron chi connectivity index (χ2n) is 4.21. The lowest BCUT2D eigenvalue weighted by Gasteiger charge is -2.20. The van der Waals surface area contributed by atoms with E-state index in [0.29, 0.717) is 13.1 Å². The van der Waals surface area contributed by atoms with Gasteiger partial charge in [-0.05, 0) is 30.8 Å². The molecule has 0 aliphatic rings. The first-order valence-electron chi connectivity index (χ1n) is 5.99. The van der Waals surface area contributed by atoms with Crippen molar-refractivity contribution in [2.45, 2.75) is 20.0 Å². The van der Waals surface area contributed by atoms with Gasteiger partial charge < -0.3 is 0 Å². The van der Waals surface area contributed by atoms with Crippen molar-refractivity contribution in [3.8, 4) is 0 Å². The monoisotopic (exact) mass is 301 g/mol. The summed E-state index contributed by atoms with van der Waals surface area (Å²) in [5.74, 6) is -0.995. The molecule has 0 aliphatic carbocycles. The van der Waals surface area contributed by atoms with Crippen LogP contribution in [0.5, 0.6) is 0 Å². The molecule has 0 N–H and O–H groups in total. The van der Waals surface area contributed by atoms with E-state index in [2.05, 4.69) is 0 Å². The van der Waals surface area contributed by atoms with Crippen molar-refractivity contribution in [2.75, 3.05) is 6.54 Å². The standard InChI is InChI=1S/C14H14ClF2NS/c1-2-18(8-10-6-7-14(15)19-10)9-11-12(16)4-3-5-13(11)17/h3-7H,2,8-9H2,1H3. The second kappa shape index (κ2) is 6.46. The van der Waals surface area contributed by atoms with Gasteiger partial charge >= 0.3 is 0 Å². The quantitative estimate of drug-likeness (QED) is 0.773. The Kier molecular flexibility index (Phi) is 4.91. The van der Waals surface area contributed by atoms with Crippen molar-refractivity contribution in [2.24, 2.45) is 0 Å². The van der Waals surface area contributed by atoms with E-state index in [4.69, 9.17) is 11.6 Å². The van der Waals surface area contributed by atoms with Gasteiger partial charge in [-0.25, -0.2) is 8.78 Å². The van der Waals surface area contributed by atoms with Crippen LogP contribution in [0, 0.1) is 11.6 Å². The van der Waals surface area contributed by atoms with Crippen LogP contribution in [0.2, 0.25) is 4.34 Å². The maximum Gasteiger partial charge on any atom is 0.130 e. The van der Waals surface area contributed by atoms with Crippen molar-refractivity contribution in [3.05, 3.63) is 56.7 Å². The van der Waals surface area contributed by atoms with E-state index in [1.807, 2.05) is 24.0 Å². The van der Waals surface area contributed by atoms with Crippen LogP contribution in [0.15, 0.2) is 30.3 Å². The van der Waals surface area contributed by atoms with Crippen LogP contribution in [0.1, 0.15) is 17.4 Å². The molecule has 1 nitrogen and oxygen atoms in total. The zero-order valence-electron chi connectivity index (χ0n) is 10.5. The number of hydrogen-bond donors (Lipinski definition) is 0. The molecule has 0 fully saturated rings. The highest BCUT2D eigenvalue weighted by molar-refractivity contribution is 7.16. The normalized spacial score (nSPS) is 11.2. The summed E-state index contributed by atoms with van der Waals surface area (Å²) >= 11 is 7.36. The van der Waals surface area contributed by atoms with Crippen molar-refractivity contribution < 1.29 is 8.78 Å². The number of hydrogen-bond acceptors (Lipinski definition) is 2. The topological polar surface area (TPSA) is 3.24 Å². The SMILES string of the molecule is CCN(Cc1ccc(Cl)s1)Cc1c(F)cccc1F. The van der Waals surface area contributed by atoms with Crippen molar-refractivity contribution >= 4 is 22.9 Å². The first-order chi connectivity index (χ1) is 9.10. The van der Waals surface area contributed by atoms with Crippen LogP contribution in [-0.4, -0.2) is 11.4 Å². The van der Waals surface area contributed by atoms with Crippen LogP contribution in [0.4, 0.5) is 8.78 Å². The van der Waals surface area contributed by atoms with E-state index in [-0.39, 0.29) is 12.1 Å². The van der Waals surface area contributed by atoms with E-state index in [9.17, 15) is 8.78 Å². The summed E-state index contributed by atoms with van der Waals surface area (Å²) in [6, 6.07) is 7.72. The lowest BCUT2D eigenvalue weighted by Crippen LogP contribution is -2.23. The molecule has 19 heavy (non-hydrogen) atoms. The number of benzene rings is 1. The summed E-state index contributed by atoms with van der Waals surface area (Å²) in [6.07, 6.45) is 0. The van der Waals surface area contributed by atoms with Gasteiger partial charge in [0, 0.05) is 23.5 Å². The van der Waals surface area contributed by atoms with E-state index in [1.54, 1.807) is 0 Å². The van der Waals surface area contributed by atoms with Crippen molar-refractivity contribution in [1.82, 2.24) is 4.90 Å². The fourth-order valence-electron chi connectivity index (χ4n) is 1.84. The van der Waals surface area contributed by atoms with Gasteiger partial charge in [0.25, 0.3) is 0 Å². The zero-order valence-corrected chi connectivity index (χ0v) is 12.1. The summed E-state index contributed by atoms with van der Waals surface area (Å²) in [5.41, 5.74) is 0.118. The van der Waals surface area contributed by atoms with E-state index in [0.717, 1.165) is 9.21 Å². The van der Waals surface area contributed by atoms with Crippen LogP contribution in [-0.2, 0) is 13.1 Å². The first kappa shape index (κ1) is 14.4. The number of nitrogens with zero attached hydrogens (tertiary/aromatic N) is 1. The van der Waals surface area contributed by atoms with Gasteiger partial charge in [0.15, 0.2) is 0 Å². The van der Waals surface area contributed by atoms with Gasteiger partial charge in [-0.15, -0.1) is 11.3 Å². The van der Waals surface area contributed by atoms with Crippen molar-refractivity contribution in [1.29, 1.82) is 0 Å². The molecule has 1 aromatic heterocycles. The number of rotatable bonds is 5. The minimum Gasteiger partial charge on any atom is -0.294 e. The molecule has 1 aromatic carbocycles. The molecule has 0 spiro atoms. The molecule has 102 valence electrons. The fourth-order valence-corrected chi connectivity index (χ4v) is 2.97. The van der Waals surface area contributed by atoms with Crippen LogP contribution >= 0.6 is 22.9 Å². The summed E-state index contributed by atoms with van der Waals surface area (Å²) in [7, 11) is 0. The molecule has 0 atom stereocenters. The van der Waals surface area contributed by atoms with Crippen LogP contribution in [0.25, 0.3) is 0 Å². The van der Waals surface area contributed by atoms with Gasteiger partial charge in [0.1, 0.15) is 11.6 Å². The fraction of sp³-hybridized carbons (Fsp3) is 0.286. The Labute approximate surface area is 120 Å². The third kappa shape index (κ3) is 3.75. The maximum atomic E-state index is 13.6. The van der Waals surface area contributed by atoms with Gasteiger partial charge in [-0.2, -0.15) is 0 Å². The predicted octanol–water partition coefficient (Wildman–Crippen LogP) is 4.70. The van der Waals surface area contributed by atoms with Crippen LogP contribution < -0.4 is 0 Å². The number of halogens is 3. The molecule has 2 aromatic rings. The molecular weight excluding hydrogens is 288 g/mol. The third-order valence-electron chi connectivity index (χ3n) is 2.90. The zero-order chi connectivity index (χ0) is 13.8. The lowest BCUT2D eigenvalue weighted by molar-refractivity contribution is 0.265. The molecule has 2 rings (SSSR count). The Hall–Kier alpha value is -0.970.